The van der Waals surface area contributed by atoms with Crippen molar-refractivity contribution >= 4 is 44.5 Å². The van der Waals surface area contributed by atoms with Gasteiger partial charge in [-0.3, -0.25) is 0 Å². The summed E-state index contributed by atoms with van der Waals surface area (Å²) in [4.78, 5) is 10.2. The summed E-state index contributed by atoms with van der Waals surface area (Å²) in [6.45, 7) is 0. The van der Waals surface area contributed by atoms with Crippen LogP contribution in [0.2, 0.25) is 0 Å². The van der Waals surface area contributed by atoms with Gasteiger partial charge in [-0.05, 0) is 30.3 Å². The lowest BCUT2D eigenvalue weighted by molar-refractivity contribution is 1.09. The quantitative estimate of drug-likeness (QED) is 0.704. The van der Waals surface area contributed by atoms with Crippen LogP contribution in [0.1, 0.15) is 0 Å². The van der Waals surface area contributed by atoms with Gasteiger partial charge < -0.3 is 5.32 Å². The van der Waals surface area contributed by atoms with E-state index in [4.69, 9.17) is 0 Å². The summed E-state index contributed by atoms with van der Waals surface area (Å²) in [5.41, 5.74) is 0.950. The monoisotopic (exact) mass is 345 g/mol. The molecule has 0 bridgehead atoms. The highest BCUT2D eigenvalue weighted by molar-refractivity contribution is 9.10. The van der Waals surface area contributed by atoms with Crippen molar-refractivity contribution in [2.24, 2.45) is 0 Å². The first kappa shape index (κ1) is 13.4. The van der Waals surface area contributed by atoms with Crippen LogP contribution < -0.4 is 5.32 Å². The molecule has 0 radical (unpaired) electrons. The minimum absolute atomic E-state index is 0.642. The lowest BCUT2D eigenvalue weighted by Gasteiger charge is -2.08. The van der Waals surface area contributed by atoms with Gasteiger partial charge in [-0.25, -0.2) is 9.97 Å². The van der Waals surface area contributed by atoms with Gasteiger partial charge in [-0.15, -0.1) is 0 Å². The Balaban J connectivity index is 2.07. The molecule has 100 valence electrons. The molecule has 0 aliphatic heterocycles. The molecule has 0 saturated carbocycles. The number of hydrogen-bond acceptors (Lipinski definition) is 4. The molecule has 0 aliphatic rings. The van der Waals surface area contributed by atoms with Gasteiger partial charge >= 0.3 is 0 Å². The van der Waals surface area contributed by atoms with Crippen LogP contribution >= 0.6 is 27.7 Å². The van der Waals surface area contributed by atoms with Gasteiger partial charge in [0.1, 0.15) is 5.03 Å². The molecule has 0 amide bonds. The van der Waals surface area contributed by atoms with Crippen LogP contribution in [0.15, 0.2) is 62.9 Å². The Morgan fingerprint density at radius 1 is 1.00 bits per heavy atom. The summed E-state index contributed by atoms with van der Waals surface area (Å²) in [7, 11) is 1.83. The minimum Gasteiger partial charge on any atom is -0.357 e. The molecule has 0 atom stereocenters. The fourth-order valence-corrected chi connectivity index (χ4v) is 3.03. The van der Waals surface area contributed by atoms with Crippen LogP contribution in [0.5, 0.6) is 0 Å². The highest BCUT2D eigenvalue weighted by Crippen LogP contribution is 2.32. The molecule has 5 heteroatoms. The molecule has 0 unspecified atom stereocenters. The number of para-hydroxylation sites is 1. The number of anilines is 1. The number of rotatable bonds is 3. The maximum absolute atomic E-state index is 4.57. The van der Waals surface area contributed by atoms with Crippen LogP contribution in [0.4, 0.5) is 5.95 Å². The molecule has 3 nitrogen and oxygen atoms in total. The minimum atomic E-state index is 0.642. The van der Waals surface area contributed by atoms with E-state index in [-0.39, 0.29) is 0 Å². The Kier molecular flexibility index (Phi) is 3.89. The van der Waals surface area contributed by atoms with Gasteiger partial charge in [0.25, 0.3) is 0 Å². The zero-order chi connectivity index (χ0) is 13.9. The van der Waals surface area contributed by atoms with Crippen molar-refractivity contribution in [2.75, 3.05) is 12.4 Å². The van der Waals surface area contributed by atoms with E-state index in [1.165, 1.54) is 0 Å². The third-order valence-electron chi connectivity index (χ3n) is 2.82. The van der Waals surface area contributed by atoms with Gasteiger partial charge in [0.2, 0.25) is 5.95 Å². The van der Waals surface area contributed by atoms with Crippen LogP contribution in [0, 0.1) is 0 Å². The topological polar surface area (TPSA) is 37.8 Å². The van der Waals surface area contributed by atoms with E-state index in [0.717, 1.165) is 25.3 Å². The van der Waals surface area contributed by atoms with E-state index in [1.807, 2.05) is 37.4 Å². The van der Waals surface area contributed by atoms with Gasteiger partial charge in [0, 0.05) is 21.8 Å². The lowest BCUT2D eigenvalue weighted by atomic mass is 10.2. The molecular weight excluding hydrogens is 334 g/mol. The Hall–Kier alpha value is -1.59. The average Bonchev–Trinajstić information content (AvgIpc) is 2.49. The molecule has 3 aromatic rings. The summed E-state index contributed by atoms with van der Waals surface area (Å²) >= 11 is 5.09. The fraction of sp³-hybridized carbons (Fsp3) is 0.0667. The fourth-order valence-electron chi connectivity index (χ4n) is 1.85. The van der Waals surface area contributed by atoms with Crippen molar-refractivity contribution < 1.29 is 0 Å². The second-order valence-corrected chi connectivity index (χ2v) is 6.15. The van der Waals surface area contributed by atoms with E-state index < -0.39 is 0 Å². The Morgan fingerprint density at radius 2 is 1.75 bits per heavy atom. The molecule has 1 heterocycles. The molecule has 0 spiro atoms. The van der Waals surface area contributed by atoms with E-state index in [1.54, 1.807) is 11.8 Å². The molecule has 1 N–H and O–H groups in total. The number of nitrogens with zero attached hydrogens (tertiary/aromatic N) is 2. The smallest absolute Gasteiger partial charge is 0.224 e. The first-order chi connectivity index (χ1) is 9.76. The number of fused-ring (bicyclic) bond motifs is 1. The standard InChI is InChI=1S/C15H12BrN3S/c1-17-15-18-13-5-3-2-4-12(13)14(19-15)20-11-8-6-10(16)7-9-11/h2-9H,1H3,(H,17,18,19). The molecule has 0 saturated heterocycles. The second-order valence-electron chi connectivity index (χ2n) is 4.18. The summed E-state index contributed by atoms with van der Waals surface area (Å²) in [6.07, 6.45) is 0. The predicted octanol–water partition coefficient (Wildman–Crippen LogP) is 4.59. The van der Waals surface area contributed by atoms with Crippen LogP contribution in [0.3, 0.4) is 0 Å². The van der Waals surface area contributed by atoms with E-state index >= 15 is 0 Å². The maximum Gasteiger partial charge on any atom is 0.224 e. The summed E-state index contributed by atoms with van der Waals surface area (Å²) in [5.74, 6) is 0.642. The highest BCUT2D eigenvalue weighted by Gasteiger charge is 2.08. The van der Waals surface area contributed by atoms with Crippen molar-refractivity contribution in [3.05, 3.63) is 53.0 Å². The number of halogens is 1. The molecular formula is C15H12BrN3S. The third kappa shape index (κ3) is 2.78. The maximum atomic E-state index is 4.57. The molecule has 3 rings (SSSR count). The normalized spacial score (nSPS) is 10.7. The number of aromatic nitrogens is 2. The molecule has 0 aliphatic carbocycles. The zero-order valence-corrected chi connectivity index (χ0v) is 13.2. The average molecular weight is 346 g/mol. The Bertz CT molecular complexity index is 744. The predicted molar refractivity (Wildman–Crippen MR) is 87.3 cm³/mol. The van der Waals surface area contributed by atoms with Gasteiger partial charge in [0.15, 0.2) is 0 Å². The zero-order valence-electron chi connectivity index (χ0n) is 10.8. The highest BCUT2D eigenvalue weighted by atomic mass is 79.9. The van der Waals surface area contributed by atoms with Crippen molar-refractivity contribution in [3.8, 4) is 0 Å². The third-order valence-corrected chi connectivity index (χ3v) is 4.36. The largest absolute Gasteiger partial charge is 0.357 e. The van der Waals surface area contributed by atoms with Gasteiger partial charge in [0.05, 0.1) is 5.52 Å². The molecule has 2 aromatic carbocycles. The Morgan fingerprint density at radius 3 is 2.50 bits per heavy atom. The van der Waals surface area contributed by atoms with Crippen molar-refractivity contribution in [1.82, 2.24) is 9.97 Å². The SMILES string of the molecule is CNc1nc(Sc2ccc(Br)cc2)c2ccccc2n1. The van der Waals surface area contributed by atoms with Gasteiger partial charge in [-0.2, -0.15) is 0 Å². The second kappa shape index (κ2) is 5.81. The van der Waals surface area contributed by atoms with Crippen LogP contribution in [0.25, 0.3) is 10.9 Å². The van der Waals surface area contributed by atoms with Crippen LogP contribution in [-0.4, -0.2) is 17.0 Å². The van der Waals surface area contributed by atoms with Crippen molar-refractivity contribution in [2.45, 2.75) is 9.92 Å². The number of benzene rings is 2. The number of nitrogens with one attached hydrogen (secondary N) is 1. The summed E-state index contributed by atoms with van der Waals surface area (Å²) in [5, 5.41) is 5.04. The van der Waals surface area contributed by atoms with E-state index in [0.29, 0.717) is 5.95 Å². The van der Waals surface area contributed by atoms with Crippen molar-refractivity contribution in [3.63, 3.8) is 0 Å². The molecule has 0 fully saturated rings. The van der Waals surface area contributed by atoms with E-state index in [2.05, 4.69) is 49.4 Å². The molecule has 20 heavy (non-hydrogen) atoms. The summed E-state index contributed by atoms with van der Waals surface area (Å²) < 4.78 is 1.07. The lowest BCUT2D eigenvalue weighted by Crippen LogP contribution is -1.98. The first-order valence-corrected chi connectivity index (χ1v) is 7.75. The molecule has 1 aromatic heterocycles. The van der Waals surface area contributed by atoms with Crippen LogP contribution in [-0.2, 0) is 0 Å². The Labute approximate surface area is 130 Å². The van der Waals surface area contributed by atoms with Crippen molar-refractivity contribution in [1.29, 1.82) is 0 Å². The van der Waals surface area contributed by atoms with Gasteiger partial charge in [-0.1, -0.05) is 45.9 Å². The van der Waals surface area contributed by atoms with E-state index in [9.17, 15) is 0 Å². The first-order valence-electron chi connectivity index (χ1n) is 6.14. The summed E-state index contributed by atoms with van der Waals surface area (Å²) in [6, 6.07) is 16.3. The number of hydrogen-bond donors (Lipinski definition) is 1.